The maximum atomic E-state index is 5.45. The van der Waals surface area contributed by atoms with Crippen molar-refractivity contribution in [3.63, 3.8) is 0 Å². The minimum absolute atomic E-state index is 0.646. The fourth-order valence-corrected chi connectivity index (χ4v) is 3.72. The number of ether oxygens (including phenoxy) is 2. The Bertz CT molecular complexity index is 1120. The van der Waals surface area contributed by atoms with Gasteiger partial charge in [0.1, 0.15) is 0 Å². The van der Waals surface area contributed by atoms with Crippen molar-refractivity contribution in [1.29, 1.82) is 0 Å². The molecule has 0 spiro atoms. The third-order valence-electron chi connectivity index (χ3n) is 4.61. The summed E-state index contributed by atoms with van der Waals surface area (Å²) in [6.07, 6.45) is 3.81. The average Bonchev–Trinajstić information content (AvgIpc) is 3.32. The van der Waals surface area contributed by atoms with Crippen LogP contribution in [0.3, 0.4) is 0 Å². The zero-order valence-electron chi connectivity index (χ0n) is 16.2. The van der Waals surface area contributed by atoms with E-state index in [9.17, 15) is 0 Å². The molecule has 1 aromatic carbocycles. The summed E-state index contributed by atoms with van der Waals surface area (Å²) < 4.78 is 12.6. The highest BCUT2D eigenvalue weighted by Crippen LogP contribution is 2.35. The van der Waals surface area contributed by atoms with Gasteiger partial charge in [0.2, 0.25) is 0 Å². The Kier molecular flexibility index (Phi) is 4.87. The number of nitrogens with zero attached hydrogens (tertiary/aromatic N) is 4. The van der Waals surface area contributed by atoms with E-state index in [1.54, 1.807) is 31.8 Å². The number of anilines is 1. The van der Waals surface area contributed by atoms with Gasteiger partial charge in [0, 0.05) is 41.1 Å². The van der Waals surface area contributed by atoms with Crippen molar-refractivity contribution in [2.24, 2.45) is 0 Å². The number of methoxy groups -OCH3 is 2. The lowest BCUT2D eigenvalue weighted by molar-refractivity contribution is 0.355. The summed E-state index contributed by atoms with van der Waals surface area (Å²) in [5, 5.41) is 10.8. The number of hydrogen-bond acceptors (Lipinski definition) is 7. The number of aryl methyl sites for hydroxylation is 2. The SMILES string of the molecule is COc1ccc(-c2c(C)nn3cc(CNc4nccs4)c(C)nc23)cc1OC. The molecule has 144 valence electrons. The predicted octanol–water partition coefficient (Wildman–Crippen LogP) is 4.10. The average molecular weight is 395 g/mol. The Morgan fingerprint density at radius 1 is 1.11 bits per heavy atom. The van der Waals surface area contributed by atoms with Crippen molar-refractivity contribution in [2.75, 3.05) is 19.5 Å². The van der Waals surface area contributed by atoms with Gasteiger partial charge < -0.3 is 14.8 Å². The minimum Gasteiger partial charge on any atom is -0.493 e. The second kappa shape index (κ2) is 7.47. The number of rotatable bonds is 6. The molecule has 0 aliphatic rings. The number of nitrogens with one attached hydrogen (secondary N) is 1. The minimum atomic E-state index is 0.646. The second-order valence-corrected chi connectivity index (χ2v) is 7.24. The summed E-state index contributed by atoms with van der Waals surface area (Å²) in [7, 11) is 3.26. The summed E-state index contributed by atoms with van der Waals surface area (Å²) in [4.78, 5) is 9.10. The van der Waals surface area contributed by atoms with E-state index in [0.29, 0.717) is 18.0 Å². The van der Waals surface area contributed by atoms with Crippen LogP contribution < -0.4 is 14.8 Å². The Morgan fingerprint density at radius 2 is 1.93 bits per heavy atom. The maximum Gasteiger partial charge on any atom is 0.182 e. The summed E-state index contributed by atoms with van der Waals surface area (Å²) >= 11 is 1.57. The number of aromatic nitrogens is 4. The van der Waals surface area contributed by atoms with Gasteiger partial charge in [-0.3, -0.25) is 0 Å². The summed E-state index contributed by atoms with van der Waals surface area (Å²) in [6, 6.07) is 5.86. The van der Waals surface area contributed by atoms with E-state index in [2.05, 4.69) is 15.4 Å². The molecule has 28 heavy (non-hydrogen) atoms. The third kappa shape index (κ3) is 3.27. The lowest BCUT2D eigenvalue weighted by Crippen LogP contribution is -2.05. The van der Waals surface area contributed by atoms with Gasteiger partial charge in [0.25, 0.3) is 0 Å². The Morgan fingerprint density at radius 3 is 2.64 bits per heavy atom. The normalized spacial score (nSPS) is 11.0. The zero-order chi connectivity index (χ0) is 19.7. The molecule has 0 unspecified atom stereocenters. The first-order valence-electron chi connectivity index (χ1n) is 8.82. The molecule has 3 heterocycles. The van der Waals surface area contributed by atoms with E-state index in [0.717, 1.165) is 38.9 Å². The molecular weight excluding hydrogens is 374 g/mol. The molecular formula is C20H21N5O2S. The summed E-state index contributed by atoms with van der Waals surface area (Å²) in [6.45, 7) is 4.65. The van der Waals surface area contributed by atoms with E-state index >= 15 is 0 Å². The van der Waals surface area contributed by atoms with Crippen LogP contribution in [0.4, 0.5) is 5.13 Å². The molecule has 0 bridgehead atoms. The van der Waals surface area contributed by atoms with Crippen molar-refractivity contribution in [3.8, 4) is 22.6 Å². The van der Waals surface area contributed by atoms with Crippen LogP contribution in [-0.4, -0.2) is 33.8 Å². The van der Waals surface area contributed by atoms with Crippen molar-refractivity contribution in [1.82, 2.24) is 19.6 Å². The molecule has 0 aliphatic heterocycles. The van der Waals surface area contributed by atoms with Crippen molar-refractivity contribution in [2.45, 2.75) is 20.4 Å². The van der Waals surface area contributed by atoms with Gasteiger partial charge in [-0.2, -0.15) is 5.10 Å². The van der Waals surface area contributed by atoms with Crippen LogP contribution in [0.2, 0.25) is 0 Å². The molecule has 4 rings (SSSR count). The van der Waals surface area contributed by atoms with Crippen LogP contribution in [0.15, 0.2) is 36.0 Å². The predicted molar refractivity (Wildman–Crippen MR) is 110 cm³/mol. The molecule has 3 aromatic heterocycles. The summed E-state index contributed by atoms with van der Waals surface area (Å²) in [5.74, 6) is 1.37. The van der Waals surface area contributed by atoms with Crippen LogP contribution >= 0.6 is 11.3 Å². The lowest BCUT2D eigenvalue weighted by atomic mass is 10.1. The first kappa shape index (κ1) is 18.2. The quantitative estimate of drug-likeness (QED) is 0.530. The van der Waals surface area contributed by atoms with Gasteiger partial charge in [-0.15, -0.1) is 11.3 Å². The van der Waals surface area contributed by atoms with Gasteiger partial charge in [-0.05, 0) is 31.5 Å². The monoisotopic (exact) mass is 395 g/mol. The van der Waals surface area contributed by atoms with Crippen LogP contribution in [0.1, 0.15) is 17.0 Å². The van der Waals surface area contributed by atoms with E-state index < -0.39 is 0 Å². The zero-order valence-corrected chi connectivity index (χ0v) is 17.0. The Labute approximate surface area is 167 Å². The maximum absolute atomic E-state index is 5.45. The number of fused-ring (bicyclic) bond motifs is 1. The fourth-order valence-electron chi connectivity index (χ4n) is 3.19. The van der Waals surface area contributed by atoms with E-state index in [1.165, 1.54) is 0 Å². The molecule has 0 amide bonds. The first-order valence-corrected chi connectivity index (χ1v) is 9.70. The van der Waals surface area contributed by atoms with Crippen molar-refractivity contribution >= 4 is 22.1 Å². The molecule has 4 aromatic rings. The third-order valence-corrected chi connectivity index (χ3v) is 5.34. The van der Waals surface area contributed by atoms with E-state index in [4.69, 9.17) is 14.5 Å². The molecule has 0 fully saturated rings. The molecule has 8 heteroatoms. The largest absolute Gasteiger partial charge is 0.493 e. The fraction of sp³-hybridized carbons (Fsp3) is 0.250. The Hall–Kier alpha value is -3.13. The highest BCUT2D eigenvalue weighted by molar-refractivity contribution is 7.13. The van der Waals surface area contributed by atoms with Crippen LogP contribution in [0, 0.1) is 13.8 Å². The van der Waals surface area contributed by atoms with E-state index in [1.807, 2.05) is 48.1 Å². The number of benzene rings is 1. The van der Waals surface area contributed by atoms with Gasteiger partial charge >= 0.3 is 0 Å². The van der Waals surface area contributed by atoms with Gasteiger partial charge in [0.15, 0.2) is 22.3 Å². The van der Waals surface area contributed by atoms with Crippen LogP contribution in [0.5, 0.6) is 11.5 Å². The molecule has 0 radical (unpaired) electrons. The Balaban J connectivity index is 1.74. The topological polar surface area (TPSA) is 73.6 Å². The van der Waals surface area contributed by atoms with Crippen molar-refractivity contribution in [3.05, 3.63) is 52.9 Å². The molecule has 7 nitrogen and oxygen atoms in total. The molecule has 0 saturated carbocycles. The van der Waals surface area contributed by atoms with Gasteiger partial charge in [-0.25, -0.2) is 14.5 Å². The molecule has 1 N–H and O–H groups in total. The summed E-state index contributed by atoms with van der Waals surface area (Å²) in [5.41, 5.74) is 5.74. The van der Waals surface area contributed by atoms with E-state index in [-0.39, 0.29) is 0 Å². The molecule has 0 saturated heterocycles. The standard InChI is InChI=1S/C20H21N5O2S/c1-12-15(10-22-20-21-7-8-28-20)11-25-19(23-12)18(13(2)24-25)14-5-6-16(26-3)17(9-14)27-4/h5-9,11H,10H2,1-4H3,(H,21,22). The second-order valence-electron chi connectivity index (χ2n) is 6.34. The lowest BCUT2D eigenvalue weighted by Gasteiger charge is -2.10. The first-order chi connectivity index (χ1) is 13.6. The highest BCUT2D eigenvalue weighted by atomic mass is 32.1. The molecule has 0 atom stereocenters. The number of hydrogen-bond donors (Lipinski definition) is 1. The van der Waals surface area contributed by atoms with Gasteiger partial charge in [-0.1, -0.05) is 6.07 Å². The highest BCUT2D eigenvalue weighted by Gasteiger charge is 2.17. The molecule has 0 aliphatic carbocycles. The van der Waals surface area contributed by atoms with Gasteiger partial charge in [0.05, 0.1) is 19.9 Å². The number of thiazole rings is 1. The van der Waals surface area contributed by atoms with Crippen LogP contribution in [0.25, 0.3) is 16.8 Å². The van der Waals surface area contributed by atoms with Crippen LogP contribution in [-0.2, 0) is 6.54 Å². The smallest absolute Gasteiger partial charge is 0.182 e. The van der Waals surface area contributed by atoms with Crippen molar-refractivity contribution < 1.29 is 9.47 Å².